The molecule has 1 aromatic carbocycles. The fourth-order valence-electron chi connectivity index (χ4n) is 1.75. The van der Waals surface area contributed by atoms with Gasteiger partial charge in [0.15, 0.2) is 0 Å². The van der Waals surface area contributed by atoms with Crippen LogP contribution in [0.4, 0.5) is 5.69 Å². The summed E-state index contributed by atoms with van der Waals surface area (Å²) in [5, 5.41) is 3.02. The van der Waals surface area contributed by atoms with Gasteiger partial charge in [-0.15, -0.1) is 0 Å². The molecule has 0 atom stereocenters. The number of unbranched alkanes of at least 4 members (excludes halogenated alkanes) is 1. The first-order valence-electron chi connectivity index (χ1n) is 6.58. The summed E-state index contributed by atoms with van der Waals surface area (Å²) in [6.07, 6.45) is 1.42. The molecule has 0 aromatic heterocycles. The number of rotatable bonds is 9. The first kappa shape index (κ1) is 16.5. The van der Waals surface area contributed by atoms with Crippen LogP contribution in [0.5, 0.6) is 0 Å². The Bertz CT molecular complexity index is 544. The van der Waals surface area contributed by atoms with E-state index in [0.717, 1.165) is 0 Å². The van der Waals surface area contributed by atoms with Gasteiger partial charge in [0.2, 0.25) is 15.9 Å². The van der Waals surface area contributed by atoms with E-state index in [1.807, 2.05) is 6.92 Å². The van der Waals surface area contributed by atoms with Crippen molar-refractivity contribution in [3.8, 4) is 0 Å². The summed E-state index contributed by atoms with van der Waals surface area (Å²) in [4.78, 5) is 10.8. The van der Waals surface area contributed by atoms with Crippen molar-refractivity contribution in [1.29, 1.82) is 0 Å². The quantitative estimate of drug-likeness (QED) is 0.593. The van der Waals surface area contributed by atoms with Crippen molar-refractivity contribution < 1.29 is 13.2 Å². The number of hydrogen-bond acceptors (Lipinski definition) is 4. The van der Waals surface area contributed by atoms with Gasteiger partial charge in [-0.05, 0) is 31.9 Å². The number of carbonyl (C=O) groups excluding carboxylic acids is 1. The molecule has 1 aromatic rings. The Balaban J connectivity index is 2.62. The molecule has 112 valence electrons. The lowest BCUT2D eigenvalue weighted by molar-refractivity contribution is -0.118. The zero-order chi connectivity index (χ0) is 15.0. The highest BCUT2D eigenvalue weighted by atomic mass is 32.2. The van der Waals surface area contributed by atoms with Crippen LogP contribution in [0.1, 0.15) is 26.2 Å². The third-order valence-corrected chi connectivity index (χ3v) is 4.21. The van der Waals surface area contributed by atoms with E-state index in [0.29, 0.717) is 25.1 Å². The SMILES string of the molecule is CCNc1ccccc1S(=O)(=O)NCCCCC(N)=O. The minimum atomic E-state index is -3.54. The van der Waals surface area contributed by atoms with Gasteiger partial charge in [0.05, 0.1) is 5.69 Å². The zero-order valence-electron chi connectivity index (χ0n) is 11.6. The zero-order valence-corrected chi connectivity index (χ0v) is 12.4. The summed E-state index contributed by atoms with van der Waals surface area (Å²) < 4.78 is 26.9. The van der Waals surface area contributed by atoms with Gasteiger partial charge in [0.1, 0.15) is 4.90 Å². The van der Waals surface area contributed by atoms with Gasteiger partial charge in [-0.25, -0.2) is 13.1 Å². The van der Waals surface area contributed by atoms with Crippen LogP contribution in [0.2, 0.25) is 0 Å². The summed E-state index contributed by atoms with van der Waals surface area (Å²) in [6.45, 7) is 2.84. The summed E-state index contributed by atoms with van der Waals surface area (Å²) in [5.41, 5.74) is 5.60. The Morgan fingerprint density at radius 3 is 2.60 bits per heavy atom. The van der Waals surface area contributed by atoms with Crippen molar-refractivity contribution in [2.75, 3.05) is 18.4 Å². The summed E-state index contributed by atoms with van der Waals surface area (Å²) >= 11 is 0. The van der Waals surface area contributed by atoms with Crippen LogP contribution in [0.3, 0.4) is 0 Å². The van der Waals surface area contributed by atoms with Crippen LogP contribution in [0.25, 0.3) is 0 Å². The van der Waals surface area contributed by atoms with E-state index < -0.39 is 10.0 Å². The number of benzene rings is 1. The molecular weight excluding hydrogens is 278 g/mol. The standard InChI is InChI=1S/C13H21N3O3S/c1-2-15-11-7-3-4-8-12(11)20(18,19)16-10-6-5-9-13(14)17/h3-4,7-8,15-16H,2,5-6,9-10H2,1H3,(H2,14,17). The molecule has 0 heterocycles. The lowest BCUT2D eigenvalue weighted by Gasteiger charge is -2.12. The molecule has 0 aliphatic heterocycles. The second kappa shape index (κ2) is 7.86. The first-order valence-corrected chi connectivity index (χ1v) is 8.06. The normalized spacial score (nSPS) is 11.2. The van der Waals surface area contributed by atoms with Gasteiger partial charge in [-0.1, -0.05) is 12.1 Å². The number of hydrogen-bond donors (Lipinski definition) is 3. The Hall–Kier alpha value is -1.60. The van der Waals surface area contributed by atoms with Gasteiger partial charge < -0.3 is 11.1 Å². The molecule has 0 radical (unpaired) electrons. The Morgan fingerprint density at radius 1 is 1.25 bits per heavy atom. The van der Waals surface area contributed by atoms with E-state index >= 15 is 0 Å². The van der Waals surface area contributed by atoms with E-state index in [9.17, 15) is 13.2 Å². The van der Waals surface area contributed by atoms with E-state index in [-0.39, 0.29) is 23.8 Å². The van der Waals surface area contributed by atoms with E-state index in [1.54, 1.807) is 24.3 Å². The maximum Gasteiger partial charge on any atom is 0.242 e. The molecule has 6 nitrogen and oxygen atoms in total. The van der Waals surface area contributed by atoms with Crippen molar-refractivity contribution in [2.24, 2.45) is 5.73 Å². The lowest BCUT2D eigenvalue weighted by Crippen LogP contribution is -2.26. The van der Waals surface area contributed by atoms with Crippen molar-refractivity contribution in [3.05, 3.63) is 24.3 Å². The predicted molar refractivity (Wildman–Crippen MR) is 78.8 cm³/mol. The fraction of sp³-hybridized carbons (Fsp3) is 0.462. The maximum atomic E-state index is 12.2. The maximum absolute atomic E-state index is 12.2. The highest BCUT2D eigenvalue weighted by Gasteiger charge is 2.17. The van der Waals surface area contributed by atoms with Crippen LogP contribution in [-0.2, 0) is 14.8 Å². The minimum absolute atomic E-state index is 0.233. The van der Waals surface area contributed by atoms with Crippen molar-refractivity contribution >= 4 is 21.6 Å². The van der Waals surface area contributed by atoms with Crippen LogP contribution in [-0.4, -0.2) is 27.4 Å². The molecule has 1 amide bonds. The average Bonchev–Trinajstić information content (AvgIpc) is 2.38. The van der Waals surface area contributed by atoms with E-state index in [2.05, 4.69) is 10.0 Å². The molecule has 0 unspecified atom stereocenters. The van der Waals surface area contributed by atoms with Gasteiger partial charge >= 0.3 is 0 Å². The van der Waals surface area contributed by atoms with Crippen LogP contribution in [0, 0.1) is 0 Å². The molecule has 0 saturated carbocycles. The Labute approximate surface area is 119 Å². The number of nitrogens with one attached hydrogen (secondary N) is 2. The topological polar surface area (TPSA) is 101 Å². The van der Waals surface area contributed by atoms with Gasteiger partial charge in [0.25, 0.3) is 0 Å². The lowest BCUT2D eigenvalue weighted by atomic mass is 10.2. The molecule has 1 rings (SSSR count). The molecule has 0 aliphatic carbocycles. The fourth-order valence-corrected chi connectivity index (χ4v) is 3.00. The summed E-state index contributed by atoms with van der Waals surface area (Å²) in [5.74, 6) is -0.370. The third-order valence-electron chi connectivity index (χ3n) is 2.69. The molecule has 20 heavy (non-hydrogen) atoms. The van der Waals surface area contributed by atoms with E-state index in [1.165, 1.54) is 0 Å². The number of para-hydroxylation sites is 1. The Kier molecular flexibility index (Phi) is 6.47. The third kappa shape index (κ3) is 5.18. The van der Waals surface area contributed by atoms with Crippen molar-refractivity contribution in [1.82, 2.24) is 4.72 Å². The van der Waals surface area contributed by atoms with Gasteiger partial charge in [-0.3, -0.25) is 4.79 Å². The molecule has 0 aliphatic rings. The van der Waals surface area contributed by atoms with Crippen molar-refractivity contribution in [2.45, 2.75) is 31.1 Å². The number of nitrogens with two attached hydrogens (primary N) is 1. The monoisotopic (exact) mass is 299 g/mol. The van der Waals surface area contributed by atoms with E-state index in [4.69, 9.17) is 5.73 Å². The highest BCUT2D eigenvalue weighted by molar-refractivity contribution is 7.89. The second-order valence-corrected chi connectivity index (χ2v) is 6.08. The van der Waals surface area contributed by atoms with Crippen LogP contribution in [0.15, 0.2) is 29.2 Å². The number of sulfonamides is 1. The molecule has 0 bridgehead atoms. The largest absolute Gasteiger partial charge is 0.384 e. The molecule has 0 fully saturated rings. The first-order chi connectivity index (χ1) is 9.47. The summed E-state index contributed by atoms with van der Waals surface area (Å²) in [7, 11) is -3.54. The average molecular weight is 299 g/mol. The smallest absolute Gasteiger partial charge is 0.242 e. The van der Waals surface area contributed by atoms with Crippen LogP contribution < -0.4 is 15.8 Å². The number of anilines is 1. The number of primary amides is 1. The molecule has 7 heteroatoms. The van der Waals surface area contributed by atoms with Crippen LogP contribution >= 0.6 is 0 Å². The molecule has 0 saturated heterocycles. The summed E-state index contributed by atoms with van der Waals surface area (Å²) in [6, 6.07) is 6.75. The van der Waals surface area contributed by atoms with Gasteiger partial charge in [0, 0.05) is 19.5 Å². The predicted octanol–water partition coefficient (Wildman–Crippen LogP) is 1.05. The second-order valence-electron chi connectivity index (χ2n) is 4.35. The number of amides is 1. The molecule has 4 N–H and O–H groups in total. The Morgan fingerprint density at radius 2 is 1.95 bits per heavy atom. The minimum Gasteiger partial charge on any atom is -0.384 e. The van der Waals surface area contributed by atoms with Gasteiger partial charge in [-0.2, -0.15) is 0 Å². The number of carbonyl (C=O) groups is 1. The molecular formula is C13H21N3O3S. The molecule has 0 spiro atoms. The van der Waals surface area contributed by atoms with Crippen molar-refractivity contribution in [3.63, 3.8) is 0 Å². The highest BCUT2D eigenvalue weighted by Crippen LogP contribution is 2.20.